The lowest BCUT2D eigenvalue weighted by Crippen LogP contribution is -2.38. The number of aliphatic hydroxyl groups is 1. The number of allylic oxidation sites excluding steroid dienone is 1. The van der Waals surface area contributed by atoms with E-state index in [9.17, 15) is 0 Å². The van der Waals surface area contributed by atoms with Crippen LogP contribution in [0.5, 0.6) is 0 Å². The fourth-order valence-corrected chi connectivity index (χ4v) is 2.18. The summed E-state index contributed by atoms with van der Waals surface area (Å²) in [6.45, 7) is 8.65. The van der Waals surface area contributed by atoms with Crippen molar-refractivity contribution < 1.29 is 5.11 Å². The quantitative estimate of drug-likeness (QED) is 0.619. The van der Waals surface area contributed by atoms with Gasteiger partial charge in [0.05, 0.1) is 0 Å². The highest BCUT2D eigenvalue weighted by Crippen LogP contribution is 2.51. The average molecular weight is 154 g/mol. The lowest BCUT2D eigenvalue weighted by atomic mass is 9.57. The van der Waals surface area contributed by atoms with Crippen molar-refractivity contribution >= 4 is 0 Å². The Morgan fingerprint density at radius 3 is 2.64 bits per heavy atom. The topological polar surface area (TPSA) is 20.2 Å². The summed E-state index contributed by atoms with van der Waals surface area (Å²) in [5.41, 5.74) is 1.65. The summed E-state index contributed by atoms with van der Waals surface area (Å²) in [5.74, 6) is 0.662. The fourth-order valence-electron chi connectivity index (χ4n) is 2.18. The standard InChI is InChI=1S/C10H18O/c1-8(2)9-4-5-10(9,3)6-7-11/h9,11H,1,4-7H2,2-3H3/t9-,10-/m0/s1. The molecular weight excluding hydrogens is 136 g/mol. The molecule has 0 spiro atoms. The molecule has 1 N–H and O–H groups in total. The lowest BCUT2D eigenvalue weighted by molar-refractivity contribution is 0.0472. The Kier molecular flexibility index (Phi) is 2.38. The molecule has 0 unspecified atom stereocenters. The second-order valence-electron chi connectivity index (χ2n) is 4.07. The highest BCUT2D eigenvalue weighted by Gasteiger charge is 2.41. The first kappa shape index (κ1) is 8.79. The van der Waals surface area contributed by atoms with E-state index < -0.39 is 0 Å². The molecule has 0 aromatic heterocycles. The van der Waals surface area contributed by atoms with Crippen LogP contribution in [0.15, 0.2) is 12.2 Å². The molecule has 1 nitrogen and oxygen atoms in total. The summed E-state index contributed by atoms with van der Waals surface area (Å²) >= 11 is 0. The maximum Gasteiger partial charge on any atom is 0.0436 e. The largest absolute Gasteiger partial charge is 0.396 e. The van der Waals surface area contributed by atoms with Crippen molar-refractivity contribution in [1.29, 1.82) is 0 Å². The van der Waals surface area contributed by atoms with Crippen LogP contribution >= 0.6 is 0 Å². The zero-order valence-corrected chi connectivity index (χ0v) is 7.56. The van der Waals surface area contributed by atoms with Gasteiger partial charge in [0, 0.05) is 6.61 Å². The first-order valence-corrected chi connectivity index (χ1v) is 4.36. The van der Waals surface area contributed by atoms with E-state index in [0.29, 0.717) is 17.9 Å². The molecule has 0 bridgehead atoms. The monoisotopic (exact) mass is 154 g/mol. The molecule has 1 aliphatic carbocycles. The Labute approximate surface area is 69.1 Å². The van der Waals surface area contributed by atoms with E-state index in [1.807, 2.05) is 0 Å². The molecule has 0 saturated heterocycles. The average Bonchev–Trinajstić information content (AvgIpc) is 1.85. The molecule has 64 valence electrons. The van der Waals surface area contributed by atoms with Crippen LogP contribution < -0.4 is 0 Å². The van der Waals surface area contributed by atoms with E-state index in [2.05, 4.69) is 20.4 Å². The first-order chi connectivity index (χ1) is 5.10. The van der Waals surface area contributed by atoms with Gasteiger partial charge < -0.3 is 5.11 Å². The minimum atomic E-state index is 0.320. The van der Waals surface area contributed by atoms with Crippen LogP contribution in [0.25, 0.3) is 0 Å². The zero-order chi connectivity index (χ0) is 8.48. The molecule has 2 atom stereocenters. The molecule has 1 fully saturated rings. The van der Waals surface area contributed by atoms with E-state index in [0.717, 1.165) is 6.42 Å². The molecule has 0 amide bonds. The molecule has 0 radical (unpaired) electrons. The van der Waals surface area contributed by atoms with Crippen LogP contribution in [0.4, 0.5) is 0 Å². The van der Waals surface area contributed by atoms with Crippen molar-refractivity contribution in [3.05, 3.63) is 12.2 Å². The van der Waals surface area contributed by atoms with Gasteiger partial charge in [0.2, 0.25) is 0 Å². The van der Waals surface area contributed by atoms with E-state index in [1.54, 1.807) is 0 Å². The summed E-state index contributed by atoms with van der Waals surface area (Å²) in [4.78, 5) is 0. The van der Waals surface area contributed by atoms with Gasteiger partial charge in [0.15, 0.2) is 0 Å². The van der Waals surface area contributed by atoms with Gasteiger partial charge in [0.25, 0.3) is 0 Å². The van der Waals surface area contributed by atoms with Gasteiger partial charge in [-0.15, -0.1) is 0 Å². The van der Waals surface area contributed by atoms with Gasteiger partial charge >= 0.3 is 0 Å². The smallest absolute Gasteiger partial charge is 0.0436 e. The molecule has 1 rings (SSSR count). The molecule has 0 aliphatic heterocycles. The third kappa shape index (κ3) is 1.48. The fraction of sp³-hybridized carbons (Fsp3) is 0.800. The van der Waals surface area contributed by atoms with Crippen LogP contribution in [0.1, 0.15) is 33.1 Å². The zero-order valence-electron chi connectivity index (χ0n) is 7.56. The highest BCUT2D eigenvalue weighted by molar-refractivity contribution is 5.09. The molecular formula is C10H18O. The van der Waals surface area contributed by atoms with E-state index in [1.165, 1.54) is 18.4 Å². The molecule has 0 aromatic rings. The van der Waals surface area contributed by atoms with Crippen molar-refractivity contribution in [2.45, 2.75) is 33.1 Å². The molecule has 1 heteroatoms. The number of hydrogen-bond acceptors (Lipinski definition) is 1. The Hall–Kier alpha value is -0.300. The molecule has 0 aromatic carbocycles. The molecule has 0 heterocycles. The number of aliphatic hydroxyl groups excluding tert-OH is 1. The molecule has 1 aliphatic rings. The van der Waals surface area contributed by atoms with Gasteiger partial charge in [0.1, 0.15) is 0 Å². The molecule has 1 saturated carbocycles. The second-order valence-corrected chi connectivity index (χ2v) is 4.07. The van der Waals surface area contributed by atoms with E-state index in [-0.39, 0.29) is 0 Å². The predicted octanol–water partition coefficient (Wildman–Crippen LogP) is 2.36. The number of rotatable bonds is 3. The second kappa shape index (κ2) is 2.98. The van der Waals surface area contributed by atoms with Crippen LogP contribution in [-0.2, 0) is 0 Å². The van der Waals surface area contributed by atoms with Crippen molar-refractivity contribution in [3.63, 3.8) is 0 Å². The summed E-state index contributed by atoms with van der Waals surface area (Å²) in [6.07, 6.45) is 3.46. The van der Waals surface area contributed by atoms with Crippen LogP contribution in [0.3, 0.4) is 0 Å². The van der Waals surface area contributed by atoms with E-state index >= 15 is 0 Å². The lowest BCUT2D eigenvalue weighted by Gasteiger charge is -2.47. The van der Waals surface area contributed by atoms with E-state index in [4.69, 9.17) is 5.11 Å². The van der Waals surface area contributed by atoms with Gasteiger partial charge in [-0.05, 0) is 37.5 Å². The number of hydrogen-bond donors (Lipinski definition) is 1. The molecule has 11 heavy (non-hydrogen) atoms. The van der Waals surface area contributed by atoms with Crippen LogP contribution in [-0.4, -0.2) is 11.7 Å². The Morgan fingerprint density at radius 2 is 2.36 bits per heavy atom. The maximum absolute atomic E-state index is 8.84. The minimum Gasteiger partial charge on any atom is -0.396 e. The highest BCUT2D eigenvalue weighted by atomic mass is 16.3. The van der Waals surface area contributed by atoms with Crippen molar-refractivity contribution in [2.75, 3.05) is 6.61 Å². The summed E-state index contributed by atoms with van der Waals surface area (Å²) < 4.78 is 0. The third-order valence-corrected chi connectivity index (χ3v) is 3.12. The Bertz CT molecular complexity index is 162. The minimum absolute atomic E-state index is 0.320. The van der Waals surface area contributed by atoms with Crippen molar-refractivity contribution in [2.24, 2.45) is 11.3 Å². The Morgan fingerprint density at radius 1 is 1.73 bits per heavy atom. The van der Waals surface area contributed by atoms with Gasteiger partial charge in [-0.3, -0.25) is 0 Å². The first-order valence-electron chi connectivity index (χ1n) is 4.36. The van der Waals surface area contributed by atoms with Gasteiger partial charge in [-0.2, -0.15) is 0 Å². The summed E-state index contributed by atoms with van der Waals surface area (Å²) in [5, 5.41) is 8.84. The summed E-state index contributed by atoms with van der Waals surface area (Å²) in [7, 11) is 0. The SMILES string of the molecule is C=C(C)[C@@H]1CC[C@@]1(C)CCO. The normalized spacial score (nSPS) is 36.5. The third-order valence-electron chi connectivity index (χ3n) is 3.12. The summed E-state index contributed by atoms with van der Waals surface area (Å²) in [6, 6.07) is 0. The maximum atomic E-state index is 8.84. The van der Waals surface area contributed by atoms with Crippen molar-refractivity contribution in [1.82, 2.24) is 0 Å². The van der Waals surface area contributed by atoms with Crippen LogP contribution in [0, 0.1) is 11.3 Å². The van der Waals surface area contributed by atoms with Gasteiger partial charge in [-0.1, -0.05) is 19.1 Å². The van der Waals surface area contributed by atoms with Crippen molar-refractivity contribution in [3.8, 4) is 0 Å². The predicted molar refractivity (Wildman–Crippen MR) is 47.3 cm³/mol. The Balaban J connectivity index is 2.52. The van der Waals surface area contributed by atoms with Gasteiger partial charge in [-0.25, -0.2) is 0 Å². The van der Waals surface area contributed by atoms with Crippen LogP contribution in [0.2, 0.25) is 0 Å².